The van der Waals surface area contributed by atoms with Gasteiger partial charge in [-0.25, -0.2) is 8.42 Å². The van der Waals surface area contributed by atoms with Gasteiger partial charge in [-0.1, -0.05) is 0 Å². The number of non-ortho nitro benzene ring substituents is 1. The van der Waals surface area contributed by atoms with Gasteiger partial charge in [0, 0.05) is 19.2 Å². The van der Waals surface area contributed by atoms with Gasteiger partial charge in [0.15, 0.2) is 0 Å². The number of nitrogens with zero attached hydrogens (tertiary/aromatic N) is 2. The summed E-state index contributed by atoms with van der Waals surface area (Å²) in [5.41, 5.74) is -1.14. The minimum atomic E-state index is -4.52. The van der Waals surface area contributed by atoms with Gasteiger partial charge < -0.3 is 0 Å². The molecule has 0 aliphatic carbocycles. The van der Waals surface area contributed by atoms with Gasteiger partial charge in [0.25, 0.3) is 15.7 Å². The summed E-state index contributed by atoms with van der Waals surface area (Å²) in [7, 11) is -2.87. The zero-order valence-electron chi connectivity index (χ0n) is 12.2. The van der Waals surface area contributed by atoms with Crippen molar-refractivity contribution in [3.05, 3.63) is 64.2 Å². The van der Waals surface area contributed by atoms with E-state index in [1.54, 1.807) is 0 Å². The van der Waals surface area contributed by atoms with Crippen molar-refractivity contribution in [3.8, 4) is 0 Å². The Morgan fingerprint density at radius 2 is 1.50 bits per heavy atom. The van der Waals surface area contributed by atoms with Crippen LogP contribution in [0.15, 0.2) is 53.4 Å². The highest BCUT2D eigenvalue weighted by atomic mass is 32.2. The molecule has 2 rings (SSSR count). The average molecular weight is 360 g/mol. The molecule has 0 fully saturated rings. The molecule has 0 saturated carbocycles. The fourth-order valence-electron chi connectivity index (χ4n) is 1.90. The summed E-state index contributed by atoms with van der Waals surface area (Å²) < 4.78 is 63.3. The van der Waals surface area contributed by atoms with Crippen LogP contribution in [0.5, 0.6) is 0 Å². The Bertz CT molecular complexity index is 847. The lowest BCUT2D eigenvalue weighted by Gasteiger charge is -2.20. The molecule has 6 nitrogen and oxygen atoms in total. The summed E-state index contributed by atoms with van der Waals surface area (Å²) in [6.07, 6.45) is -4.52. The van der Waals surface area contributed by atoms with Crippen LogP contribution < -0.4 is 4.31 Å². The molecule has 0 N–H and O–H groups in total. The van der Waals surface area contributed by atoms with Crippen LogP contribution in [-0.2, 0) is 16.2 Å². The summed E-state index contributed by atoms with van der Waals surface area (Å²) in [6.45, 7) is 0. The summed E-state index contributed by atoms with van der Waals surface area (Å²) in [5, 5.41) is 10.6. The predicted molar refractivity (Wildman–Crippen MR) is 80.1 cm³/mol. The maximum Gasteiger partial charge on any atom is 0.416 e. The lowest BCUT2D eigenvalue weighted by molar-refractivity contribution is -0.384. The van der Waals surface area contributed by atoms with Crippen LogP contribution in [-0.4, -0.2) is 20.4 Å². The zero-order chi connectivity index (χ0) is 18.1. The summed E-state index contributed by atoms with van der Waals surface area (Å²) >= 11 is 0. The van der Waals surface area contributed by atoms with E-state index in [9.17, 15) is 31.7 Å². The quantitative estimate of drug-likeness (QED) is 0.618. The molecule has 2 aromatic carbocycles. The molecule has 0 heterocycles. The summed E-state index contributed by atoms with van der Waals surface area (Å²) in [4.78, 5) is 9.70. The second-order valence-corrected chi connectivity index (χ2v) is 6.74. The Morgan fingerprint density at radius 3 is 1.92 bits per heavy atom. The van der Waals surface area contributed by atoms with Crippen LogP contribution in [0.3, 0.4) is 0 Å². The first-order chi connectivity index (χ1) is 11.0. The standard InChI is InChI=1S/C14H11F3N2O4S/c1-18(11-4-2-10(3-5-11)14(15,16)17)24(22,23)13-8-6-12(7-9-13)19(20)21/h2-9H,1H3. The van der Waals surface area contributed by atoms with E-state index < -0.39 is 26.7 Å². The fourth-order valence-corrected chi connectivity index (χ4v) is 3.09. The number of alkyl halides is 3. The SMILES string of the molecule is CN(c1ccc(C(F)(F)F)cc1)S(=O)(=O)c1ccc([N+](=O)[O-])cc1. The van der Waals surface area contributed by atoms with Gasteiger partial charge in [0.1, 0.15) is 0 Å². The van der Waals surface area contributed by atoms with Gasteiger partial charge in [-0.15, -0.1) is 0 Å². The highest BCUT2D eigenvalue weighted by Crippen LogP contribution is 2.31. The maximum absolute atomic E-state index is 12.5. The second-order valence-electron chi connectivity index (χ2n) is 4.77. The van der Waals surface area contributed by atoms with Crippen LogP contribution >= 0.6 is 0 Å². The van der Waals surface area contributed by atoms with Gasteiger partial charge in [-0.05, 0) is 36.4 Å². The highest BCUT2D eigenvalue weighted by Gasteiger charge is 2.30. The number of rotatable bonds is 4. The number of halogens is 3. The molecule has 0 aliphatic heterocycles. The van der Waals surface area contributed by atoms with Crippen molar-refractivity contribution in [2.24, 2.45) is 0 Å². The van der Waals surface area contributed by atoms with Gasteiger partial charge in [0.05, 0.1) is 21.1 Å². The van der Waals surface area contributed by atoms with Crippen LogP contribution in [0, 0.1) is 10.1 Å². The molecule has 0 bridgehead atoms. The second kappa shape index (κ2) is 6.11. The van der Waals surface area contributed by atoms with Crippen molar-refractivity contribution in [3.63, 3.8) is 0 Å². The first-order valence-corrected chi connectivity index (χ1v) is 7.88. The molecule has 0 saturated heterocycles. The lowest BCUT2D eigenvalue weighted by atomic mass is 10.2. The molecule has 0 aliphatic rings. The molecular formula is C14H11F3N2O4S. The van der Waals surface area contributed by atoms with Crippen LogP contribution in [0.1, 0.15) is 5.56 Å². The number of nitro benzene ring substituents is 1. The Kier molecular flexibility index (Phi) is 4.52. The van der Waals surface area contributed by atoms with Gasteiger partial charge >= 0.3 is 6.18 Å². The van der Waals surface area contributed by atoms with Gasteiger partial charge in [-0.3, -0.25) is 14.4 Å². The molecule has 128 valence electrons. The van der Waals surface area contributed by atoms with E-state index in [0.717, 1.165) is 52.8 Å². The first kappa shape index (κ1) is 17.7. The smallest absolute Gasteiger partial charge is 0.269 e. The molecule has 0 spiro atoms. The summed E-state index contributed by atoms with van der Waals surface area (Å²) in [6, 6.07) is 7.81. The molecule has 0 aromatic heterocycles. The highest BCUT2D eigenvalue weighted by molar-refractivity contribution is 7.92. The van der Waals surface area contributed by atoms with E-state index in [1.165, 1.54) is 7.05 Å². The number of hydrogen-bond acceptors (Lipinski definition) is 4. The third-order valence-electron chi connectivity index (χ3n) is 3.26. The van der Waals surface area contributed by atoms with Gasteiger partial charge in [0.2, 0.25) is 0 Å². The average Bonchev–Trinajstić information content (AvgIpc) is 2.53. The number of benzene rings is 2. The van der Waals surface area contributed by atoms with E-state index >= 15 is 0 Å². The lowest BCUT2D eigenvalue weighted by Crippen LogP contribution is -2.26. The zero-order valence-corrected chi connectivity index (χ0v) is 13.0. The van der Waals surface area contributed by atoms with Crippen LogP contribution in [0.4, 0.5) is 24.5 Å². The van der Waals surface area contributed by atoms with E-state index in [4.69, 9.17) is 0 Å². The topological polar surface area (TPSA) is 80.5 Å². The van der Waals surface area contributed by atoms with Crippen LogP contribution in [0.2, 0.25) is 0 Å². The van der Waals surface area contributed by atoms with Crippen molar-refractivity contribution >= 4 is 21.4 Å². The number of anilines is 1. The van der Waals surface area contributed by atoms with Gasteiger partial charge in [-0.2, -0.15) is 13.2 Å². The maximum atomic E-state index is 12.5. The largest absolute Gasteiger partial charge is 0.416 e. The Labute approximate surface area is 135 Å². The third kappa shape index (κ3) is 3.48. The van der Waals surface area contributed by atoms with Crippen LogP contribution in [0.25, 0.3) is 0 Å². The van der Waals surface area contributed by atoms with E-state index in [1.807, 2.05) is 0 Å². The molecular weight excluding hydrogens is 349 g/mol. The minimum absolute atomic E-state index is 0.0290. The fraction of sp³-hybridized carbons (Fsp3) is 0.143. The Hall–Kier alpha value is -2.62. The van der Waals surface area contributed by atoms with Crippen molar-refractivity contribution in [1.82, 2.24) is 0 Å². The van der Waals surface area contributed by atoms with Crippen molar-refractivity contribution < 1.29 is 26.5 Å². The van der Waals surface area contributed by atoms with E-state index in [0.29, 0.717) is 0 Å². The molecule has 24 heavy (non-hydrogen) atoms. The molecule has 10 heteroatoms. The monoisotopic (exact) mass is 360 g/mol. The molecule has 0 unspecified atom stereocenters. The van der Waals surface area contributed by atoms with Crippen molar-refractivity contribution in [2.45, 2.75) is 11.1 Å². The molecule has 0 amide bonds. The predicted octanol–water partition coefficient (Wildman–Crippen LogP) is 3.44. The normalized spacial score (nSPS) is 12.0. The minimum Gasteiger partial charge on any atom is -0.269 e. The first-order valence-electron chi connectivity index (χ1n) is 6.44. The summed E-state index contributed by atoms with van der Waals surface area (Å²) in [5.74, 6) is 0. The Balaban J connectivity index is 2.33. The Morgan fingerprint density at radius 1 is 1.00 bits per heavy atom. The molecule has 2 aromatic rings. The third-order valence-corrected chi connectivity index (χ3v) is 5.06. The van der Waals surface area contributed by atoms with E-state index in [2.05, 4.69) is 0 Å². The van der Waals surface area contributed by atoms with E-state index in [-0.39, 0.29) is 16.3 Å². The molecule has 0 atom stereocenters. The number of nitro groups is 1. The molecule has 0 radical (unpaired) electrons. The van der Waals surface area contributed by atoms with Crippen molar-refractivity contribution in [1.29, 1.82) is 0 Å². The van der Waals surface area contributed by atoms with Crippen molar-refractivity contribution in [2.75, 3.05) is 11.4 Å². The number of sulfonamides is 1. The number of hydrogen-bond donors (Lipinski definition) is 0.